The van der Waals surface area contributed by atoms with E-state index in [-0.39, 0.29) is 6.23 Å². The molecule has 0 aliphatic carbocycles. The van der Waals surface area contributed by atoms with Crippen LogP contribution in [0.1, 0.15) is 12.8 Å². The Hall–Kier alpha value is -1.30. The summed E-state index contributed by atoms with van der Waals surface area (Å²) in [4.78, 5) is 2.41. The molecule has 1 unspecified atom stereocenters. The first-order chi connectivity index (χ1) is 8.42. The molecule has 92 valence electrons. The lowest BCUT2D eigenvalue weighted by molar-refractivity contribution is 0.191. The van der Waals surface area contributed by atoms with Crippen molar-refractivity contribution in [2.45, 2.75) is 19.1 Å². The monoisotopic (exact) mass is 234 g/mol. The number of hydrogen-bond acceptors (Lipinski definition) is 5. The average molecular weight is 234 g/mol. The lowest BCUT2D eigenvalue weighted by atomic mass is 10.3. The summed E-state index contributed by atoms with van der Waals surface area (Å²) in [5, 5.41) is 0. The van der Waals surface area contributed by atoms with Crippen molar-refractivity contribution >= 4 is 5.69 Å². The number of nitrogens with zero attached hydrogens (tertiary/aromatic N) is 1. The molecule has 0 saturated carbocycles. The van der Waals surface area contributed by atoms with Gasteiger partial charge in [-0.15, -0.1) is 0 Å². The SMILES string of the molecule is c1cc(OC2CNNN2)cc(N2CCCC2)c1. The quantitative estimate of drug-likeness (QED) is 0.715. The molecular formula is C12H18N4O. The predicted octanol–water partition coefficient (Wildman–Crippen LogP) is 0.604. The lowest BCUT2D eigenvalue weighted by Gasteiger charge is -2.19. The van der Waals surface area contributed by atoms with Crippen LogP contribution >= 0.6 is 0 Å². The zero-order valence-corrected chi connectivity index (χ0v) is 9.78. The minimum Gasteiger partial charge on any atom is -0.473 e. The highest BCUT2D eigenvalue weighted by Gasteiger charge is 2.16. The zero-order valence-electron chi connectivity index (χ0n) is 9.78. The second-order valence-corrected chi connectivity index (χ2v) is 4.45. The van der Waals surface area contributed by atoms with Crippen LogP contribution in [0.2, 0.25) is 0 Å². The summed E-state index contributed by atoms with van der Waals surface area (Å²) in [6.07, 6.45) is 2.58. The molecule has 2 heterocycles. The van der Waals surface area contributed by atoms with Crippen LogP contribution in [-0.4, -0.2) is 25.9 Å². The van der Waals surface area contributed by atoms with Gasteiger partial charge in [-0.2, -0.15) is 5.53 Å². The number of anilines is 1. The summed E-state index contributed by atoms with van der Waals surface area (Å²) in [5.74, 6) is 0.914. The van der Waals surface area contributed by atoms with Crippen molar-refractivity contribution in [1.29, 1.82) is 0 Å². The van der Waals surface area contributed by atoms with Crippen LogP contribution in [-0.2, 0) is 0 Å². The fourth-order valence-electron chi connectivity index (χ4n) is 2.29. The molecule has 5 heteroatoms. The minimum absolute atomic E-state index is 0.0103. The molecule has 2 saturated heterocycles. The molecule has 3 rings (SSSR count). The van der Waals surface area contributed by atoms with Crippen molar-refractivity contribution in [3.05, 3.63) is 24.3 Å². The third-order valence-corrected chi connectivity index (χ3v) is 3.18. The molecule has 0 spiro atoms. The molecule has 1 aromatic carbocycles. The first-order valence-corrected chi connectivity index (χ1v) is 6.17. The second kappa shape index (κ2) is 4.91. The van der Waals surface area contributed by atoms with Gasteiger partial charge in [0.1, 0.15) is 5.75 Å². The first kappa shape index (κ1) is 10.8. The summed E-state index contributed by atoms with van der Waals surface area (Å²) in [5.41, 5.74) is 10.1. The van der Waals surface area contributed by atoms with Crippen LogP contribution in [0.4, 0.5) is 5.69 Å². The number of nitrogens with one attached hydrogen (secondary N) is 3. The number of hydrazine groups is 2. The summed E-state index contributed by atoms with van der Waals surface area (Å²) in [6, 6.07) is 8.32. The highest BCUT2D eigenvalue weighted by atomic mass is 16.5. The summed E-state index contributed by atoms with van der Waals surface area (Å²) >= 11 is 0. The van der Waals surface area contributed by atoms with Gasteiger partial charge in [0.05, 0.1) is 6.54 Å². The van der Waals surface area contributed by atoms with E-state index in [1.54, 1.807) is 0 Å². The average Bonchev–Trinajstić information content (AvgIpc) is 3.01. The molecule has 1 atom stereocenters. The van der Waals surface area contributed by atoms with Crippen LogP contribution < -0.4 is 26.0 Å². The van der Waals surface area contributed by atoms with Crippen LogP contribution in [0, 0.1) is 0 Å². The standard InChI is InChI=1S/C12H18N4O/c1-2-7-16(6-1)10-4-3-5-11(8-10)17-12-9-13-15-14-12/h3-5,8,12-15H,1-2,6-7,9H2. The molecule has 0 radical (unpaired) electrons. The number of ether oxygens (including phenoxy) is 1. The van der Waals surface area contributed by atoms with Gasteiger partial charge in [0.25, 0.3) is 0 Å². The second-order valence-electron chi connectivity index (χ2n) is 4.45. The maximum atomic E-state index is 5.81. The van der Waals surface area contributed by atoms with Crippen LogP contribution in [0.15, 0.2) is 24.3 Å². The normalized spacial score (nSPS) is 24.2. The van der Waals surface area contributed by atoms with Crippen molar-refractivity contribution < 1.29 is 4.74 Å². The van der Waals surface area contributed by atoms with Crippen molar-refractivity contribution in [2.24, 2.45) is 0 Å². The Balaban J connectivity index is 1.69. The van der Waals surface area contributed by atoms with E-state index in [0.29, 0.717) is 0 Å². The van der Waals surface area contributed by atoms with E-state index >= 15 is 0 Å². The molecule has 2 aliphatic heterocycles. The van der Waals surface area contributed by atoms with Crippen molar-refractivity contribution in [3.63, 3.8) is 0 Å². The Morgan fingerprint density at radius 3 is 2.88 bits per heavy atom. The third-order valence-electron chi connectivity index (χ3n) is 3.18. The molecule has 3 N–H and O–H groups in total. The molecule has 5 nitrogen and oxygen atoms in total. The predicted molar refractivity (Wildman–Crippen MR) is 66.6 cm³/mol. The highest BCUT2D eigenvalue weighted by molar-refractivity contribution is 5.51. The van der Waals surface area contributed by atoms with Crippen molar-refractivity contribution in [2.75, 3.05) is 24.5 Å². The molecule has 17 heavy (non-hydrogen) atoms. The van der Waals surface area contributed by atoms with E-state index in [4.69, 9.17) is 4.74 Å². The topological polar surface area (TPSA) is 48.6 Å². The number of benzene rings is 1. The van der Waals surface area contributed by atoms with Crippen molar-refractivity contribution in [3.8, 4) is 5.75 Å². The summed E-state index contributed by atoms with van der Waals surface area (Å²) in [6.45, 7) is 3.08. The maximum Gasteiger partial charge on any atom is 0.177 e. The van der Waals surface area contributed by atoms with E-state index in [0.717, 1.165) is 25.4 Å². The Kier molecular flexibility index (Phi) is 3.13. The fraction of sp³-hybridized carbons (Fsp3) is 0.500. The van der Waals surface area contributed by atoms with Crippen molar-refractivity contribution in [1.82, 2.24) is 16.4 Å². The van der Waals surface area contributed by atoms with Gasteiger partial charge >= 0.3 is 0 Å². The molecule has 0 amide bonds. The van der Waals surface area contributed by atoms with Gasteiger partial charge in [-0.25, -0.2) is 10.9 Å². The summed E-state index contributed by atoms with van der Waals surface area (Å²) in [7, 11) is 0. The number of rotatable bonds is 3. The minimum atomic E-state index is -0.0103. The van der Waals surface area contributed by atoms with Gasteiger partial charge in [0.2, 0.25) is 0 Å². The van der Waals surface area contributed by atoms with E-state index in [1.807, 2.05) is 6.07 Å². The Bertz CT molecular complexity index is 373. The molecule has 0 aromatic heterocycles. The number of hydrogen-bond donors (Lipinski definition) is 3. The largest absolute Gasteiger partial charge is 0.473 e. The maximum absolute atomic E-state index is 5.81. The van der Waals surface area contributed by atoms with E-state index in [1.165, 1.54) is 18.5 Å². The Labute approximate surface area is 101 Å². The molecule has 1 aromatic rings. The third kappa shape index (κ3) is 2.52. The van der Waals surface area contributed by atoms with Gasteiger partial charge in [0.15, 0.2) is 6.23 Å². The Morgan fingerprint density at radius 1 is 1.24 bits per heavy atom. The highest BCUT2D eigenvalue weighted by Crippen LogP contribution is 2.24. The zero-order chi connectivity index (χ0) is 11.5. The Morgan fingerprint density at radius 2 is 2.12 bits per heavy atom. The van der Waals surface area contributed by atoms with Gasteiger partial charge in [-0.1, -0.05) is 6.07 Å². The fourth-order valence-corrected chi connectivity index (χ4v) is 2.29. The molecular weight excluding hydrogens is 216 g/mol. The van der Waals surface area contributed by atoms with Gasteiger partial charge in [0, 0.05) is 24.8 Å². The van der Waals surface area contributed by atoms with E-state index in [2.05, 4.69) is 39.5 Å². The van der Waals surface area contributed by atoms with E-state index < -0.39 is 0 Å². The molecule has 2 aliphatic rings. The lowest BCUT2D eigenvalue weighted by Crippen LogP contribution is -2.36. The van der Waals surface area contributed by atoms with E-state index in [9.17, 15) is 0 Å². The van der Waals surface area contributed by atoms with Gasteiger partial charge in [-0.05, 0) is 25.0 Å². The van der Waals surface area contributed by atoms with Gasteiger partial charge < -0.3 is 9.64 Å². The van der Waals surface area contributed by atoms with Gasteiger partial charge in [-0.3, -0.25) is 0 Å². The molecule has 0 bridgehead atoms. The van der Waals surface area contributed by atoms with Crippen LogP contribution in [0.3, 0.4) is 0 Å². The van der Waals surface area contributed by atoms with Crippen LogP contribution in [0.5, 0.6) is 5.75 Å². The molecule has 2 fully saturated rings. The smallest absolute Gasteiger partial charge is 0.177 e. The summed E-state index contributed by atoms with van der Waals surface area (Å²) < 4.78 is 5.81. The first-order valence-electron chi connectivity index (χ1n) is 6.17. The van der Waals surface area contributed by atoms with Crippen LogP contribution in [0.25, 0.3) is 0 Å².